The van der Waals surface area contributed by atoms with Gasteiger partial charge in [-0.3, -0.25) is 4.79 Å². The molecule has 2 saturated heterocycles. The van der Waals surface area contributed by atoms with Crippen LogP contribution in [0.4, 0.5) is 0 Å². The number of aliphatic hydroxyl groups is 2. The fourth-order valence-corrected chi connectivity index (χ4v) is 6.47. The van der Waals surface area contributed by atoms with Crippen molar-refractivity contribution in [2.45, 2.75) is 115 Å². The molecule has 2 bridgehead atoms. The number of benzene rings is 1. The van der Waals surface area contributed by atoms with Crippen LogP contribution in [0.1, 0.15) is 78.7 Å². The zero-order valence-corrected chi connectivity index (χ0v) is 26.5. The summed E-state index contributed by atoms with van der Waals surface area (Å²) in [5.41, 5.74) is -5.30. The Bertz CT molecular complexity index is 1260. The largest absolute Gasteiger partial charge is 0.479 e. The molecule has 250 valence electrons. The normalized spacial score (nSPS) is 31.5. The second-order valence-corrected chi connectivity index (χ2v) is 12.8. The number of hydrogen-bond acceptors (Lipinski definition) is 9. The number of allylic oxidation sites excluding steroid dienone is 2. The Kier molecular flexibility index (Phi) is 11.6. The second kappa shape index (κ2) is 14.4. The minimum absolute atomic E-state index is 0.0741. The monoisotopic (exact) mass is 634 g/mol. The summed E-state index contributed by atoms with van der Waals surface area (Å²) >= 11 is 0. The highest BCUT2D eigenvalue weighted by molar-refractivity contribution is 5.98. The molecule has 0 saturated carbocycles. The van der Waals surface area contributed by atoms with Gasteiger partial charge in [0.15, 0.2) is 6.10 Å². The van der Waals surface area contributed by atoms with E-state index in [-0.39, 0.29) is 31.1 Å². The van der Waals surface area contributed by atoms with Crippen LogP contribution in [0.25, 0.3) is 0 Å². The average molecular weight is 635 g/mol. The zero-order chi connectivity index (χ0) is 33.7. The van der Waals surface area contributed by atoms with E-state index in [0.29, 0.717) is 12.3 Å². The van der Waals surface area contributed by atoms with E-state index in [1.807, 2.05) is 57.2 Å². The molecule has 2 heterocycles. The lowest BCUT2D eigenvalue weighted by Crippen LogP contribution is -2.78. The summed E-state index contributed by atoms with van der Waals surface area (Å²) in [5.74, 6) is -9.24. The number of carbonyl (C=O) groups excluding carboxylic acids is 1. The van der Waals surface area contributed by atoms with Crippen molar-refractivity contribution in [1.82, 2.24) is 0 Å². The fourth-order valence-electron chi connectivity index (χ4n) is 6.47. The lowest BCUT2D eigenvalue weighted by atomic mass is 9.74. The van der Waals surface area contributed by atoms with Crippen LogP contribution in [0.15, 0.2) is 42.0 Å². The molecule has 0 unspecified atom stereocenters. The van der Waals surface area contributed by atoms with Crippen molar-refractivity contribution in [2.24, 2.45) is 17.8 Å². The predicted molar refractivity (Wildman–Crippen MR) is 160 cm³/mol. The standard InChI is InChI=1S/C33H46O12/c1-6-19(2)16-20(3)12-13-24(34)43-26-25(35)31(15-14-21(4)17-22(5)18-23-10-8-7-9-11-23)44-27(28(36)37)32(42,29(38)39)33(26,45-31)30(40)41/h7-11,17,19-20,22,25-27,35,42H,6,12-16,18H2,1-5H3,(H,36,37)(H,38,39)(H,40,41)/b21-17+/t19-,20+,22-,25+,26+,27+,31-,32+,33-/m0/s1. The van der Waals surface area contributed by atoms with Gasteiger partial charge in [-0.1, -0.05) is 76.1 Å². The van der Waals surface area contributed by atoms with Gasteiger partial charge in [0.25, 0.3) is 0 Å². The highest BCUT2D eigenvalue weighted by Gasteiger charge is 2.85. The van der Waals surface area contributed by atoms with E-state index in [9.17, 15) is 44.7 Å². The molecular formula is C33H46O12. The third-order valence-corrected chi connectivity index (χ3v) is 9.04. The van der Waals surface area contributed by atoms with Gasteiger partial charge in [0.05, 0.1) is 0 Å². The van der Waals surface area contributed by atoms with Gasteiger partial charge in [-0.2, -0.15) is 0 Å². The molecule has 0 spiro atoms. The SMILES string of the molecule is CC[C@H](C)C[C@H](C)CCC(=O)O[C@@H]1[C@@H](O)[C@@]2(CC/C(C)=C/[C@H](C)Cc3ccccc3)O[C@H](C(=O)O)[C@@](O)(C(=O)O)[C@]1(C(=O)O)O2. The minimum atomic E-state index is -3.78. The van der Waals surface area contributed by atoms with E-state index < -0.39 is 59.2 Å². The lowest BCUT2D eigenvalue weighted by Gasteiger charge is -2.48. The Balaban J connectivity index is 1.94. The van der Waals surface area contributed by atoms with Crippen LogP contribution >= 0.6 is 0 Å². The van der Waals surface area contributed by atoms with Crippen LogP contribution in [-0.2, 0) is 39.8 Å². The molecule has 2 aliphatic rings. The third kappa shape index (κ3) is 7.24. The molecule has 5 N–H and O–H groups in total. The molecule has 1 aromatic rings. The number of carboxylic acid groups (broad SMARTS) is 3. The molecule has 0 aliphatic carbocycles. The van der Waals surface area contributed by atoms with Crippen molar-refractivity contribution in [1.29, 1.82) is 0 Å². The van der Waals surface area contributed by atoms with Gasteiger partial charge < -0.3 is 39.7 Å². The number of carboxylic acids is 3. The molecule has 2 aliphatic heterocycles. The van der Waals surface area contributed by atoms with Crippen molar-refractivity contribution in [3.05, 3.63) is 47.5 Å². The summed E-state index contributed by atoms with van der Waals surface area (Å²) in [6.07, 6.45) is -2.75. The van der Waals surface area contributed by atoms with Gasteiger partial charge in [0.1, 0.15) is 6.10 Å². The van der Waals surface area contributed by atoms with Gasteiger partial charge in [0.2, 0.25) is 23.1 Å². The van der Waals surface area contributed by atoms with Crippen molar-refractivity contribution < 1.29 is 58.9 Å². The number of esters is 1. The Labute approximate surface area is 263 Å². The second-order valence-electron chi connectivity index (χ2n) is 12.8. The highest BCUT2D eigenvalue weighted by Crippen LogP contribution is 2.55. The number of carbonyl (C=O) groups is 4. The van der Waals surface area contributed by atoms with E-state index >= 15 is 0 Å². The van der Waals surface area contributed by atoms with Gasteiger partial charge in [0, 0.05) is 12.8 Å². The summed E-state index contributed by atoms with van der Waals surface area (Å²) in [7, 11) is 0. The Morgan fingerprint density at radius 3 is 2.20 bits per heavy atom. The first-order valence-electron chi connectivity index (χ1n) is 15.4. The van der Waals surface area contributed by atoms with Crippen molar-refractivity contribution in [3.8, 4) is 0 Å². The van der Waals surface area contributed by atoms with Crippen LogP contribution < -0.4 is 0 Å². The van der Waals surface area contributed by atoms with Crippen molar-refractivity contribution in [3.63, 3.8) is 0 Å². The number of aliphatic carboxylic acids is 3. The maximum atomic E-state index is 13.0. The molecule has 0 amide bonds. The highest BCUT2D eigenvalue weighted by atomic mass is 16.8. The molecule has 0 radical (unpaired) electrons. The minimum Gasteiger partial charge on any atom is -0.479 e. The number of rotatable bonds is 16. The molecule has 12 nitrogen and oxygen atoms in total. The van der Waals surface area contributed by atoms with E-state index in [2.05, 4.69) is 6.92 Å². The number of ether oxygens (including phenoxy) is 3. The van der Waals surface area contributed by atoms with Crippen LogP contribution in [0.2, 0.25) is 0 Å². The molecular weight excluding hydrogens is 588 g/mol. The van der Waals surface area contributed by atoms with Gasteiger partial charge in [-0.05, 0) is 55.9 Å². The molecule has 12 heteroatoms. The van der Waals surface area contributed by atoms with E-state index in [1.54, 1.807) is 6.92 Å². The van der Waals surface area contributed by atoms with Crippen LogP contribution in [0, 0.1) is 17.8 Å². The molecule has 9 atom stereocenters. The Hall–Kier alpha value is -3.32. The smallest absolute Gasteiger partial charge is 0.344 e. The first-order valence-corrected chi connectivity index (χ1v) is 15.4. The molecule has 0 aromatic heterocycles. The molecule has 45 heavy (non-hydrogen) atoms. The summed E-state index contributed by atoms with van der Waals surface area (Å²) in [5, 5.41) is 53.2. The van der Waals surface area contributed by atoms with E-state index in [4.69, 9.17) is 14.2 Å². The maximum Gasteiger partial charge on any atom is 0.344 e. The van der Waals surface area contributed by atoms with Gasteiger partial charge >= 0.3 is 23.9 Å². The summed E-state index contributed by atoms with van der Waals surface area (Å²) in [4.78, 5) is 50.6. The molecule has 1 aromatic carbocycles. The van der Waals surface area contributed by atoms with Crippen LogP contribution in [-0.4, -0.2) is 84.7 Å². The maximum absolute atomic E-state index is 13.0. The van der Waals surface area contributed by atoms with Gasteiger partial charge in [-0.15, -0.1) is 0 Å². The zero-order valence-electron chi connectivity index (χ0n) is 26.5. The topological polar surface area (TPSA) is 197 Å². The first-order chi connectivity index (χ1) is 21.0. The molecule has 3 rings (SSSR count). The fraction of sp³-hybridized carbons (Fsp3) is 0.636. The number of fused-ring (bicyclic) bond motifs is 2. The Morgan fingerprint density at radius 1 is 1.00 bits per heavy atom. The van der Waals surface area contributed by atoms with Crippen molar-refractivity contribution >= 4 is 23.9 Å². The lowest BCUT2D eigenvalue weighted by molar-refractivity contribution is -0.374. The number of hydrogen-bond donors (Lipinski definition) is 5. The van der Waals surface area contributed by atoms with Crippen molar-refractivity contribution in [2.75, 3.05) is 0 Å². The quantitative estimate of drug-likeness (QED) is 0.131. The third-order valence-electron chi connectivity index (χ3n) is 9.04. The first kappa shape index (κ1) is 36.2. The summed E-state index contributed by atoms with van der Waals surface area (Å²) in [6, 6.07) is 9.76. The van der Waals surface area contributed by atoms with Gasteiger partial charge in [-0.25, -0.2) is 14.4 Å². The Morgan fingerprint density at radius 2 is 1.64 bits per heavy atom. The number of aliphatic hydroxyl groups excluding tert-OH is 1. The summed E-state index contributed by atoms with van der Waals surface area (Å²) in [6.45, 7) is 9.84. The summed E-state index contributed by atoms with van der Waals surface area (Å²) < 4.78 is 16.6. The van der Waals surface area contributed by atoms with E-state index in [0.717, 1.165) is 30.4 Å². The van der Waals surface area contributed by atoms with Crippen LogP contribution in [0.3, 0.4) is 0 Å². The van der Waals surface area contributed by atoms with Crippen LogP contribution in [0.5, 0.6) is 0 Å². The predicted octanol–water partition coefficient (Wildman–Crippen LogP) is 3.57. The molecule has 2 fully saturated rings. The average Bonchev–Trinajstić information content (AvgIpc) is 3.19. The van der Waals surface area contributed by atoms with E-state index in [1.165, 1.54) is 0 Å².